The lowest BCUT2D eigenvalue weighted by atomic mass is 10.1. The molecule has 3 aromatic carbocycles. The summed E-state index contributed by atoms with van der Waals surface area (Å²) in [5.74, 6) is 0.0761. The van der Waals surface area contributed by atoms with Crippen molar-refractivity contribution in [1.29, 1.82) is 0 Å². The molecule has 2 amide bonds. The Labute approximate surface area is 164 Å². The van der Waals surface area contributed by atoms with E-state index >= 15 is 0 Å². The van der Waals surface area contributed by atoms with Crippen LogP contribution in [-0.2, 0) is 0 Å². The first-order chi connectivity index (χ1) is 13.5. The minimum absolute atomic E-state index is 0.256. The Bertz CT molecular complexity index is 1010. The van der Waals surface area contributed by atoms with Crippen molar-refractivity contribution in [3.05, 3.63) is 89.0 Å². The number of hydrogen-bond acceptors (Lipinski definition) is 3. The van der Waals surface area contributed by atoms with Gasteiger partial charge in [-0.25, -0.2) is 0 Å². The Morgan fingerprint density at radius 1 is 0.786 bits per heavy atom. The third kappa shape index (κ3) is 4.57. The van der Waals surface area contributed by atoms with Crippen LogP contribution in [0.5, 0.6) is 5.75 Å². The maximum atomic E-state index is 12.8. The van der Waals surface area contributed by atoms with Crippen LogP contribution in [-0.4, -0.2) is 18.9 Å². The first kappa shape index (κ1) is 19.2. The average Bonchev–Trinajstić information content (AvgIpc) is 2.67. The van der Waals surface area contributed by atoms with Gasteiger partial charge in [0.05, 0.1) is 18.4 Å². The molecule has 0 aliphatic heterocycles. The van der Waals surface area contributed by atoms with Crippen molar-refractivity contribution in [3.8, 4) is 5.75 Å². The molecule has 28 heavy (non-hydrogen) atoms. The molecule has 0 atom stereocenters. The second-order valence-corrected chi connectivity index (χ2v) is 6.56. The fourth-order valence-corrected chi connectivity index (χ4v) is 2.99. The molecule has 0 unspecified atom stereocenters. The van der Waals surface area contributed by atoms with Crippen LogP contribution in [0.4, 0.5) is 11.4 Å². The molecule has 0 saturated heterocycles. The number of aryl methyl sites for hydroxylation is 2. The van der Waals surface area contributed by atoms with Crippen LogP contribution in [0.1, 0.15) is 31.8 Å². The van der Waals surface area contributed by atoms with E-state index in [0.717, 1.165) is 11.1 Å². The average molecular weight is 374 g/mol. The van der Waals surface area contributed by atoms with Gasteiger partial charge in [-0.05, 0) is 50.2 Å². The van der Waals surface area contributed by atoms with Gasteiger partial charge in [0.1, 0.15) is 5.75 Å². The molecule has 3 rings (SSSR count). The lowest BCUT2D eigenvalue weighted by molar-refractivity contribution is 0.102. The van der Waals surface area contributed by atoms with E-state index in [2.05, 4.69) is 10.6 Å². The standard InChI is InChI=1S/C23H22N2O3/c1-15-11-16(2)13-17(12-15)22(26)25-21-10-5-4-9-20(21)23(27)24-18-7-6-8-19(14-18)28-3/h4-14H,1-3H3,(H,24,27)(H,25,26). The highest BCUT2D eigenvalue weighted by molar-refractivity contribution is 6.12. The van der Waals surface area contributed by atoms with E-state index in [1.165, 1.54) is 0 Å². The first-order valence-electron chi connectivity index (χ1n) is 8.90. The third-order valence-corrected chi connectivity index (χ3v) is 4.23. The lowest BCUT2D eigenvalue weighted by Crippen LogP contribution is -2.18. The Morgan fingerprint density at radius 3 is 2.21 bits per heavy atom. The summed E-state index contributed by atoms with van der Waals surface area (Å²) in [5, 5.41) is 5.68. The summed E-state index contributed by atoms with van der Waals surface area (Å²) in [6.45, 7) is 3.89. The van der Waals surface area contributed by atoms with Gasteiger partial charge in [-0.15, -0.1) is 0 Å². The number of benzene rings is 3. The lowest BCUT2D eigenvalue weighted by Gasteiger charge is -2.12. The second-order valence-electron chi connectivity index (χ2n) is 6.56. The molecule has 5 nitrogen and oxygen atoms in total. The zero-order valence-electron chi connectivity index (χ0n) is 16.1. The number of anilines is 2. The molecule has 0 bridgehead atoms. The number of nitrogens with one attached hydrogen (secondary N) is 2. The van der Waals surface area contributed by atoms with Gasteiger partial charge in [0, 0.05) is 17.3 Å². The molecule has 0 aliphatic rings. The van der Waals surface area contributed by atoms with Gasteiger partial charge in [0.25, 0.3) is 11.8 Å². The topological polar surface area (TPSA) is 67.4 Å². The van der Waals surface area contributed by atoms with E-state index < -0.39 is 0 Å². The molecule has 3 aromatic rings. The van der Waals surface area contributed by atoms with Crippen LogP contribution in [0.2, 0.25) is 0 Å². The van der Waals surface area contributed by atoms with Crippen molar-refractivity contribution in [2.45, 2.75) is 13.8 Å². The molecule has 0 aliphatic carbocycles. The van der Waals surface area contributed by atoms with E-state index in [1.54, 1.807) is 55.6 Å². The molecule has 0 saturated carbocycles. The van der Waals surface area contributed by atoms with Crippen molar-refractivity contribution in [3.63, 3.8) is 0 Å². The molecule has 0 aromatic heterocycles. The molecular formula is C23H22N2O3. The number of para-hydroxylation sites is 1. The van der Waals surface area contributed by atoms with Crippen molar-refractivity contribution in [2.75, 3.05) is 17.7 Å². The molecule has 142 valence electrons. The smallest absolute Gasteiger partial charge is 0.257 e. The molecule has 5 heteroatoms. The summed E-state index contributed by atoms with van der Waals surface area (Å²) in [5.41, 5.74) is 4.01. The van der Waals surface area contributed by atoms with Crippen LogP contribution < -0.4 is 15.4 Å². The van der Waals surface area contributed by atoms with Gasteiger partial charge in [0.15, 0.2) is 0 Å². The van der Waals surface area contributed by atoms with Crippen molar-refractivity contribution < 1.29 is 14.3 Å². The van der Waals surface area contributed by atoms with Crippen LogP contribution in [0, 0.1) is 13.8 Å². The van der Waals surface area contributed by atoms with E-state index in [1.807, 2.05) is 32.0 Å². The normalized spacial score (nSPS) is 10.2. The summed E-state index contributed by atoms with van der Waals surface area (Å²) in [6.07, 6.45) is 0. The largest absolute Gasteiger partial charge is 0.497 e. The van der Waals surface area contributed by atoms with Gasteiger partial charge in [0.2, 0.25) is 0 Å². The number of carbonyl (C=O) groups is 2. The van der Waals surface area contributed by atoms with Crippen molar-refractivity contribution >= 4 is 23.2 Å². The number of ether oxygens (including phenoxy) is 1. The summed E-state index contributed by atoms with van der Waals surface area (Å²) in [4.78, 5) is 25.4. The third-order valence-electron chi connectivity index (χ3n) is 4.23. The fourth-order valence-electron chi connectivity index (χ4n) is 2.99. The molecule has 0 heterocycles. The van der Waals surface area contributed by atoms with Gasteiger partial charge < -0.3 is 15.4 Å². The number of methoxy groups -OCH3 is 1. The Kier molecular flexibility index (Phi) is 5.75. The highest BCUT2D eigenvalue weighted by Crippen LogP contribution is 2.21. The van der Waals surface area contributed by atoms with E-state index in [-0.39, 0.29) is 11.8 Å². The quantitative estimate of drug-likeness (QED) is 0.673. The number of amides is 2. The van der Waals surface area contributed by atoms with Crippen LogP contribution >= 0.6 is 0 Å². The molecular weight excluding hydrogens is 352 g/mol. The predicted molar refractivity (Wildman–Crippen MR) is 111 cm³/mol. The zero-order valence-corrected chi connectivity index (χ0v) is 16.1. The summed E-state index contributed by atoms with van der Waals surface area (Å²) < 4.78 is 5.18. The number of rotatable bonds is 5. The van der Waals surface area contributed by atoms with Gasteiger partial charge in [-0.1, -0.05) is 35.4 Å². The van der Waals surface area contributed by atoms with Gasteiger partial charge in [-0.3, -0.25) is 9.59 Å². The summed E-state index contributed by atoms with van der Waals surface area (Å²) >= 11 is 0. The Hall–Kier alpha value is -3.60. The van der Waals surface area contributed by atoms with Gasteiger partial charge in [-0.2, -0.15) is 0 Å². The van der Waals surface area contributed by atoms with E-state index in [9.17, 15) is 9.59 Å². The van der Waals surface area contributed by atoms with Crippen LogP contribution in [0.3, 0.4) is 0 Å². The monoisotopic (exact) mass is 374 g/mol. The predicted octanol–water partition coefficient (Wildman–Crippen LogP) is 4.82. The highest BCUT2D eigenvalue weighted by Gasteiger charge is 2.15. The Balaban J connectivity index is 1.82. The number of carbonyl (C=O) groups excluding carboxylic acids is 2. The fraction of sp³-hybridized carbons (Fsp3) is 0.130. The minimum atomic E-state index is -0.315. The van der Waals surface area contributed by atoms with E-state index in [0.29, 0.717) is 28.3 Å². The molecule has 0 radical (unpaired) electrons. The van der Waals surface area contributed by atoms with Crippen LogP contribution in [0.15, 0.2) is 66.7 Å². The van der Waals surface area contributed by atoms with Gasteiger partial charge >= 0.3 is 0 Å². The second kappa shape index (κ2) is 8.39. The molecule has 2 N–H and O–H groups in total. The maximum absolute atomic E-state index is 12.8. The first-order valence-corrected chi connectivity index (χ1v) is 8.90. The SMILES string of the molecule is COc1cccc(NC(=O)c2ccccc2NC(=O)c2cc(C)cc(C)c2)c1. The van der Waals surface area contributed by atoms with E-state index in [4.69, 9.17) is 4.74 Å². The van der Waals surface area contributed by atoms with Crippen molar-refractivity contribution in [2.24, 2.45) is 0 Å². The van der Waals surface area contributed by atoms with Crippen molar-refractivity contribution in [1.82, 2.24) is 0 Å². The molecule has 0 fully saturated rings. The molecule has 0 spiro atoms. The van der Waals surface area contributed by atoms with Crippen LogP contribution in [0.25, 0.3) is 0 Å². The highest BCUT2D eigenvalue weighted by atomic mass is 16.5. The number of hydrogen-bond donors (Lipinski definition) is 2. The summed E-state index contributed by atoms with van der Waals surface area (Å²) in [7, 11) is 1.57. The minimum Gasteiger partial charge on any atom is -0.497 e. The summed E-state index contributed by atoms with van der Waals surface area (Å²) in [6, 6.07) is 19.7. The zero-order chi connectivity index (χ0) is 20.1. The maximum Gasteiger partial charge on any atom is 0.257 e. The Morgan fingerprint density at radius 2 is 1.50 bits per heavy atom.